The first-order valence-electron chi connectivity index (χ1n) is 8.59. The predicted octanol–water partition coefficient (Wildman–Crippen LogP) is 2.69. The lowest BCUT2D eigenvalue weighted by Crippen LogP contribution is -2.40. The summed E-state index contributed by atoms with van der Waals surface area (Å²) in [5, 5.41) is 10.3. The lowest BCUT2D eigenvalue weighted by atomic mass is 10.0. The van der Waals surface area contributed by atoms with Crippen LogP contribution < -0.4 is 0 Å². The summed E-state index contributed by atoms with van der Waals surface area (Å²) < 4.78 is 79.9. The smallest absolute Gasteiger partial charge is 0.399 e. The van der Waals surface area contributed by atoms with Crippen LogP contribution in [-0.2, 0) is 35.3 Å². The van der Waals surface area contributed by atoms with Gasteiger partial charge in [0, 0.05) is 25.6 Å². The van der Waals surface area contributed by atoms with E-state index >= 15 is 0 Å². The molecule has 1 aromatic carbocycles. The molecular weight excluding hydrogens is 420 g/mol. The maximum atomic E-state index is 13.9. The number of fused-ring (bicyclic) bond motifs is 1. The maximum absolute atomic E-state index is 13.9. The van der Waals surface area contributed by atoms with Gasteiger partial charge in [-0.2, -0.15) is 13.2 Å². The summed E-state index contributed by atoms with van der Waals surface area (Å²) in [5.74, 6) is -5.33. The van der Waals surface area contributed by atoms with Crippen molar-refractivity contribution in [2.75, 3.05) is 13.7 Å². The highest BCUT2D eigenvalue weighted by Gasteiger charge is 2.40. The Morgan fingerprint density at radius 3 is 2.50 bits per heavy atom. The Morgan fingerprint density at radius 2 is 1.83 bits per heavy atom. The Hall–Kier alpha value is -3.12. The molecule has 2 heterocycles. The largest absolute Gasteiger partial charge is 0.451 e. The molecule has 0 spiro atoms. The molecule has 0 fully saturated rings. The molecule has 7 nitrogen and oxygen atoms in total. The van der Waals surface area contributed by atoms with E-state index in [-0.39, 0.29) is 49.6 Å². The van der Waals surface area contributed by atoms with Gasteiger partial charge >= 0.3 is 6.18 Å². The van der Waals surface area contributed by atoms with E-state index in [1.807, 2.05) is 0 Å². The number of hydrogen-bond donors (Lipinski definition) is 0. The van der Waals surface area contributed by atoms with E-state index in [1.165, 1.54) is 12.0 Å². The Bertz CT molecular complexity index is 988. The van der Waals surface area contributed by atoms with Crippen LogP contribution in [0.25, 0.3) is 0 Å². The summed E-state index contributed by atoms with van der Waals surface area (Å²) >= 11 is 0. The zero-order chi connectivity index (χ0) is 22.1. The first-order valence-corrected chi connectivity index (χ1v) is 8.59. The number of hydrogen-bond acceptors (Lipinski definition) is 5. The van der Waals surface area contributed by atoms with Crippen molar-refractivity contribution in [1.82, 2.24) is 19.7 Å². The fourth-order valence-corrected chi connectivity index (χ4v) is 3.04. The Kier molecular flexibility index (Phi) is 5.99. The van der Waals surface area contributed by atoms with Crippen molar-refractivity contribution in [2.24, 2.45) is 5.16 Å². The predicted molar refractivity (Wildman–Crippen MR) is 89.5 cm³/mol. The van der Waals surface area contributed by atoms with Crippen molar-refractivity contribution in [3.8, 4) is 0 Å². The van der Waals surface area contributed by atoms with Gasteiger partial charge in [0.15, 0.2) is 17.5 Å². The summed E-state index contributed by atoms with van der Waals surface area (Å²) in [5.41, 5.74) is -0.207. The fourth-order valence-electron chi connectivity index (χ4n) is 3.04. The van der Waals surface area contributed by atoms with Crippen molar-refractivity contribution in [2.45, 2.75) is 32.1 Å². The van der Waals surface area contributed by atoms with E-state index in [4.69, 9.17) is 0 Å². The second kappa shape index (κ2) is 8.32. The molecule has 0 aliphatic carbocycles. The molecule has 162 valence electrons. The Balaban J connectivity index is 1.71. The van der Waals surface area contributed by atoms with E-state index in [9.17, 15) is 31.1 Å². The van der Waals surface area contributed by atoms with Gasteiger partial charge in [0.2, 0.25) is 11.7 Å². The highest BCUT2D eigenvalue weighted by molar-refractivity contribution is 6.01. The first kappa shape index (κ1) is 21.6. The monoisotopic (exact) mass is 435 g/mol. The lowest BCUT2D eigenvalue weighted by Gasteiger charge is -2.28. The number of halogens is 6. The number of benzene rings is 1. The maximum Gasteiger partial charge on any atom is 0.451 e. The average Bonchev–Trinajstić information content (AvgIpc) is 3.09. The van der Waals surface area contributed by atoms with E-state index < -0.39 is 35.4 Å². The van der Waals surface area contributed by atoms with Gasteiger partial charge in [0.25, 0.3) is 0 Å². The van der Waals surface area contributed by atoms with Crippen LogP contribution in [0.15, 0.2) is 17.3 Å². The Labute approximate surface area is 165 Å². The molecule has 1 aliphatic heterocycles. The second-order valence-corrected chi connectivity index (χ2v) is 6.46. The van der Waals surface area contributed by atoms with Crippen molar-refractivity contribution < 1.29 is 36.0 Å². The minimum Gasteiger partial charge on any atom is -0.399 e. The van der Waals surface area contributed by atoms with Crippen LogP contribution in [0.5, 0.6) is 0 Å². The minimum atomic E-state index is -4.66. The van der Waals surface area contributed by atoms with Crippen molar-refractivity contribution in [3.63, 3.8) is 0 Å². The lowest BCUT2D eigenvalue weighted by molar-refractivity contribution is -0.148. The van der Waals surface area contributed by atoms with E-state index in [0.29, 0.717) is 12.1 Å². The summed E-state index contributed by atoms with van der Waals surface area (Å²) in [6.07, 6.45) is -5.36. The van der Waals surface area contributed by atoms with Crippen LogP contribution >= 0.6 is 0 Å². The molecule has 2 aromatic rings. The topological polar surface area (TPSA) is 72.6 Å². The second-order valence-electron chi connectivity index (χ2n) is 6.46. The summed E-state index contributed by atoms with van der Waals surface area (Å²) in [7, 11) is 1.19. The zero-order valence-electron chi connectivity index (χ0n) is 15.5. The number of amides is 1. The summed E-state index contributed by atoms with van der Waals surface area (Å²) in [6, 6.07) is 1.04. The molecule has 1 aromatic heterocycles. The van der Waals surface area contributed by atoms with Crippen LogP contribution in [0.3, 0.4) is 0 Å². The molecule has 1 amide bonds. The molecule has 13 heteroatoms. The molecule has 0 saturated carbocycles. The number of alkyl halides is 3. The van der Waals surface area contributed by atoms with Crippen molar-refractivity contribution in [3.05, 3.63) is 46.8 Å². The summed E-state index contributed by atoms with van der Waals surface area (Å²) in [6.45, 7) is -0.397. The third-order valence-electron chi connectivity index (χ3n) is 4.42. The van der Waals surface area contributed by atoms with E-state index in [0.717, 1.165) is 4.57 Å². The van der Waals surface area contributed by atoms with Gasteiger partial charge in [-0.1, -0.05) is 5.16 Å². The number of aromatic nitrogens is 3. The molecule has 0 unspecified atom stereocenters. The zero-order valence-corrected chi connectivity index (χ0v) is 15.5. The third kappa shape index (κ3) is 4.54. The highest BCUT2D eigenvalue weighted by Crippen LogP contribution is 2.29. The van der Waals surface area contributed by atoms with E-state index in [2.05, 4.69) is 20.2 Å². The van der Waals surface area contributed by atoms with Crippen molar-refractivity contribution >= 4 is 11.6 Å². The van der Waals surface area contributed by atoms with E-state index in [1.54, 1.807) is 0 Å². The molecule has 30 heavy (non-hydrogen) atoms. The van der Waals surface area contributed by atoms with Gasteiger partial charge in [-0.05, 0) is 11.6 Å². The van der Waals surface area contributed by atoms with Gasteiger partial charge in [0.1, 0.15) is 12.9 Å². The normalized spacial score (nSPS) is 14.6. The first-order chi connectivity index (χ1) is 14.1. The van der Waals surface area contributed by atoms with Crippen molar-refractivity contribution in [1.29, 1.82) is 0 Å². The van der Waals surface area contributed by atoms with Crippen LogP contribution in [0, 0.1) is 17.5 Å². The van der Waals surface area contributed by atoms with Gasteiger partial charge in [-0.15, -0.1) is 10.2 Å². The van der Waals surface area contributed by atoms with Crippen LogP contribution in [-0.4, -0.2) is 44.9 Å². The van der Waals surface area contributed by atoms with Crippen LogP contribution in [0.1, 0.15) is 23.6 Å². The molecule has 0 atom stereocenters. The van der Waals surface area contributed by atoms with Gasteiger partial charge in [0.05, 0.1) is 18.7 Å². The number of nitrogens with zero attached hydrogens (tertiary/aromatic N) is 5. The molecule has 0 saturated heterocycles. The average molecular weight is 435 g/mol. The van der Waals surface area contributed by atoms with Crippen LogP contribution in [0.4, 0.5) is 26.3 Å². The van der Waals surface area contributed by atoms with Gasteiger partial charge in [-0.25, -0.2) is 13.2 Å². The highest BCUT2D eigenvalue weighted by atomic mass is 19.4. The standard InChI is InChI=1S/C17H15F6N5O2/c1-30-26-10(4-9-5-12(19)13(20)7-11(9)18)6-15(29)27-2-3-28-14(8-27)24-25-16(28)17(21,22)23/h5,7H,2-4,6,8H2,1H3. The number of rotatable bonds is 5. The quantitative estimate of drug-likeness (QED) is 0.313. The third-order valence-corrected chi connectivity index (χ3v) is 4.42. The summed E-state index contributed by atoms with van der Waals surface area (Å²) in [4.78, 5) is 18.5. The molecule has 0 bridgehead atoms. The number of carbonyl (C=O) groups excluding carboxylic acids is 1. The molecule has 3 rings (SSSR count). The molecular formula is C17H15F6N5O2. The fraction of sp³-hybridized carbons (Fsp3) is 0.412. The van der Waals surface area contributed by atoms with Gasteiger partial charge < -0.3 is 14.3 Å². The SMILES string of the molecule is CON=C(CC(=O)N1CCn2c(nnc2C(F)(F)F)C1)Cc1cc(F)c(F)cc1F. The number of oxime groups is 1. The number of carbonyl (C=O) groups is 1. The van der Waals surface area contributed by atoms with Crippen LogP contribution in [0.2, 0.25) is 0 Å². The molecule has 1 aliphatic rings. The van der Waals surface area contributed by atoms with Gasteiger partial charge in [-0.3, -0.25) is 4.79 Å². The molecule has 0 radical (unpaired) electrons. The Morgan fingerprint density at radius 1 is 1.13 bits per heavy atom. The molecule has 0 N–H and O–H groups in total. The minimum absolute atomic E-state index is 0.0235.